The molecule has 5 nitrogen and oxygen atoms in total. The van der Waals surface area contributed by atoms with Crippen LogP contribution in [0.4, 0.5) is 0 Å². The van der Waals surface area contributed by atoms with Crippen molar-refractivity contribution in [3.8, 4) is 0 Å². The number of benzene rings is 1. The summed E-state index contributed by atoms with van der Waals surface area (Å²) in [5, 5.41) is 12.4. The van der Waals surface area contributed by atoms with Crippen LogP contribution in [0.1, 0.15) is 18.1 Å². The molecule has 2 aliphatic heterocycles. The normalized spacial score (nSPS) is 28.2. The Morgan fingerprint density at radius 1 is 1.33 bits per heavy atom. The molecule has 1 fully saturated rings. The first-order chi connectivity index (χ1) is 10.1. The van der Waals surface area contributed by atoms with E-state index in [1.807, 2.05) is 25.1 Å². The van der Waals surface area contributed by atoms with Crippen LogP contribution in [0.5, 0.6) is 0 Å². The predicted octanol–water partition coefficient (Wildman–Crippen LogP) is 1.08. The molecular weight excluding hydrogens is 288 g/mol. The van der Waals surface area contributed by atoms with Crippen LogP contribution in [0.25, 0.3) is 0 Å². The minimum atomic E-state index is -0.920. The van der Waals surface area contributed by atoms with E-state index < -0.39 is 12.0 Å². The Balaban J connectivity index is 1.78. The van der Waals surface area contributed by atoms with Gasteiger partial charge in [0.15, 0.2) is 0 Å². The highest BCUT2D eigenvalue weighted by Gasteiger charge is 2.42. The number of hydrogen-bond donors (Lipinski definition) is 2. The molecule has 6 heteroatoms. The van der Waals surface area contributed by atoms with E-state index in [-0.39, 0.29) is 17.3 Å². The minimum Gasteiger partial charge on any atom is -0.480 e. The molecule has 0 aromatic heterocycles. The Bertz CT molecular complexity index is 578. The van der Waals surface area contributed by atoms with Gasteiger partial charge in [0.1, 0.15) is 6.04 Å². The highest BCUT2D eigenvalue weighted by atomic mass is 32.2. The lowest BCUT2D eigenvalue weighted by Crippen LogP contribution is -2.54. The first kappa shape index (κ1) is 14.4. The number of amides is 1. The van der Waals surface area contributed by atoms with E-state index in [0.717, 1.165) is 0 Å². The predicted molar refractivity (Wildman–Crippen MR) is 81.0 cm³/mol. The summed E-state index contributed by atoms with van der Waals surface area (Å²) >= 11 is 1.52. The van der Waals surface area contributed by atoms with E-state index in [4.69, 9.17) is 0 Å². The molecule has 0 radical (unpaired) electrons. The zero-order valence-electron chi connectivity index (χ0n) is 11.8. The molecule has 0 aliphatic carbocycles. The van der Waals surface area contributed by atoms with Crippen molar-refractivity contribution in [3.05, 3.63) is 35.4 Å². The van der Waals surface area contributed by atoms with Gasteiger partial charge in [-0.3, -0.25) is 4.79 Å². The quantitative estimate of drug-likeness (QED) is 0.855. The Hall–Kier alpha value is -1.53. The summed E-state index contributed by atoms with van der Waals surface area (Å²) in [6, 6.07) is 7.01. The van der Waals surface area contributed by atoms with Gasteiger partial charge in [-0.2, -0.15) is 0 Å². The van der Waals surface area contributed by atoms with E-state index >= 15 is 0 Å². The number of aliphatic carboxylic acids is 1. The second-order valence-corrected chi connectivity index (χ2v) is 6.79. The van der Waals surface area contributed by atoms with Crippen LogP contribution in [-0.2, 0) is 22.6 Å². The summed E-state index contributed by atoms with van der Waals surface area (Å²) in [7, 11) is 0. The number of carboxylic acid groups (broad SMARTS) is 1. The van der Waals surface area contributed by atoms with Crippen molar-refractivity contribution in [2.75, 3.05) is 5.75 Å². The van der Waals surface area contributed by atoms with E-state index in [0.29, 0.717) is 18.7 Å². The zero-order valence-corrected chi connectivity index (χ0v) is 12.6. The third-order valence-electron chi connectivity index (χ3n) is 4.14. The summed E-state index contributed by atoms with van der Waals surface area (Å²) < 4.78 is 0. The van der Waals surface area contributed by atoms with Gasteiger partial charge in [0.25, 0.3) is 0 Å². The van der Waals surface area contributed by atoms with Gasteiger partial charge in [-0.15, -0.1) is 11.8 Å². The number of fused-ring (bicyclic) bond motifs is 1. The molecule has 2 unspecified atom stereocenters. The van der Waals surface area contributed by atoms with Crippen LogP contribution in [-0.4, -0.2) is 45.1 Å². The highest BCUT2D eigenvalue weighted by molar-refractivity contribution is 8.00. The molecule has 2 heterocycles. The van der Waals surface area contributed by atoms with E-state index in [2.05, 4.69) is 11.4 Å². The van der Waals surface area contributed by atoms with Crippen molar-refractivity contribution >= 4 is 23.6 Å². The van der Waals surface area contributed by atoms with Crippen molar-refractivity contribution in [3.63, 3.8) is 0 Å². The molecule has 112 valence electrons. The van der Waals surface area contributed by atoms with Crippen LogP contribution < -0.4 is 5.32 Å². The van der Waals surface area contributed by atoms with Gasteiger partial charge in [0.2, 0.25) is 5.91 Å². The van der Waals surface area contributed by atoms with Crippen molar-refractivity contribution in [1.82, 2.24) is 10.2 Å². The molecule has 0 bridgehead atoms. The number of hydrogen-bond acceptors (Lipinski definition) is 4. The fraction of sp³-hybridized carbons (Fsp3) is 0.467. The van der Waals surface area contributed by atoms with Crippen LogP contribution in [0.15, 0.2) is 24.3 Å². The van der Waals surface area contributed by atoms with Gasteiger partial charge in [0, 0.05) is 12.3 Å². The number of nitrogens with one attached hydrogen (secondary N) is 1. The maximum atomic E-state index is 12.7. The molecule has 3 rings (SSSR count). The van der Waals surface area contributed by atoms with Gasteiger partial charge in [-0.25, -0.2) is 4.79 Å². The van der Waals surface area contributed by atoms with Gasteiger partial charge in [0.05, 0.1) is 11.4 Å². The first-order valence-corrected chi connectivity index (χ1v) is 8.09. The number of nitrogens with zero attached hydrogens (tertiary/aromatic N) is 1. The zero-order chi connectivity index (χ0) is 15.0. The summed E-state index contributed by atoms with van der Waals surface area (Å²) in [5.41, 5.74) is 2.38. The number of rotatable bonds is 2. The highest BCUT2D eigenvalue weighted by Crippen LogP contribution is 2.30. The Kier molecular flexibility index (Phi) is 3.91. The topological polar surface area (TPSA) is 69.6 Å². The number of carboxylic acids is 1. The first-order valence-electron chi connectivity index (χ1n) is 7.04. The maximum absolute atomic E-state index is 12.7. The van der Waals surface area contributed by atoms with Gasteiger partial charge < -0.3 is 15.3 Å². The SMILES string of the molecule is CC1SCC(C(=O)O)N1C(=O)[C@@H]1Cc2ccccc2CN1. The Labute approximate surface area is 127 Å². The summed E-state index contributed by atoms with van der Waals surface area (Å²) in [6.07, 6.45) is 0.620. The van der Waals surface area contributed by atoms with Gasteiger partial charge in [-0.1, -0.05) is 24.3 Å². The second-order valence-electron chi connectivity index (χ2n) is 5.44. The molecule has 1 aromatic carbocycles. The standard InChI is InChI=1S/C15H18N2O3S/c1-9-17(13(8-21-9)15(19)20)14(18)12-6-10-4-2-3-5-11(10)7-16-12/h2-5,9,12-13,16H,6-8H2,1H3,(H,19,20)/t9?,12-,13?/m0/s1. The number of carbonyl (C=O) groups is 2. The molecule has 2 N–H and O–H groups in total. The Morgan fingerprint density at radius 3 is 2.76 bits per heavy atom. The molecule has 21 heavy (non-hydrogen) atoms. The molecule has 0 saturated carbocycles. The van der Waals surface area contributed by atoms with Crippen LogP contribution >= 0.6 is 11.8 Å². The van der Waals surface area contributed by atoms with Crippen molar-refractivity contribution in [2.24, 2.45) is 0 Å². The van der Waals surface area contributed by atoms with Crippen molar-refractivity contribution in [2.45, 2.75) is 37.3 Å². The third-order valence-corrected chi connectivity index (χ3v) is 5.36. The molecule has 1 amide bonds. The average molecular weight is 306 g/mol. The molecule has 3 atom stereocenters. The summed E-state index contributed by atoms with van der Waals surface area (Å²) in [5.74, 6) is -0.559. The molecule has 1 aromatic rings. The van der Waals surface area contributed by atoms with Crippen LogP contribution in [0.3, 0.4) is 0 Å². The maximum Gasteiger partial charge on any atom is 0.327 e. The van der Waals surface area contributed by atoms with E-state index in [1.165, 1.54) is 27.8 Å². The molecule has 2 aliphatic rings. The van der Waals surface area contributed by atoms with E-state index in [9.17, 15) is 14.7 Å². The van der Waals surface area contributed by atoms with Gasteiger partial charge >= 0.3 is 5.97 Å². The van der Waals surface area contributed by atoms with Crippen LogP contribution in [0, 0.1) is 0 Å². The Morgan fingerprint density at radius 2 is 2.05 bits per heavy atom. The van der Waals surface area contributed by atoms with Gasteiger partial charge in [-0.05, 0) is 24.5 Å². The third kappa shape index (κ3) is 2.65. The molecule has 1 saturated heterocycles. The largest absolute Gasteiger partial charge is 0.480 e. The van der Waals surface area contributed by atoms with Crippen molar-refractivity contribution < 1.29 is 14.7 Å². The average Bonchev–Trinajstić information content (AvgIpc) is 2.88. The molecule has 0 spiro atoms. The van der Waals surface area contributed by atoms with Crippen LogP contribution in [0.2, 0.25) is 0 Å². The lowest BCUT2D eigenvalue weighted by atomic mass is 9.95. The smallest absolute Gasteiger partial charge is 0.327 e. The monoisotopic (exact) mass is 306 g/mol. The lowest BCUT2D eigenvalue weighted by molar-refractivity contribution is -0.149. The number of carbonyl (C=O) groups excluding carboxylic acids is 1. The minimum absolute atomic E-state index is 0.0856. The summed E-state index contributed by atoms with van der Waals surface area (Å²) in [4.78, 5) is 25.6. The fourth-order valence-electron chi connectivity index (χ4n) is 2.98. The number of thioether (sulfide) groups is 1. The van der Waals surface area contributed by atoms with E-state index in [1.54, 1.807) is 0 Å². The second kappa shape index (κ2) is 5.69. The fourth-order valence-corrected chi connectivity index (χ4v) is 4.15. The van der Waals surface area contributed by atoms with Crippen molar-refractivity contribution in [1.29, 1.82) is 0 Å². The summed E-state index contributed by atoms with van der Waals surface area (Å²) in [6.45, 7) is 2.54. The molecular formula is C15H18N2O3S. The lowest BCUT2D eigenvalue weighted by Gasteiger charge is -2.32.